The van der Waals surface area contributed by atoms with E-state index >= 15 is 0 Å². The summed E-state index contributed by atoms with van der Waals surface area (Å²) in [5.74, 6) is -1.61. The summed E-state index contributed by atoms with van der Waals surface area (Å²) in [7, 11) is 0. The van der Waals surface area contributed by atoms with Crippen molar-refractivity contribution in [1.82, 2.24) is 10.2 Å². The van der Waals surface area contributed by atoms with Crippen LogP contribution in [0.25, 0.3) is 0 Å². The fraction of sp³-hybridized carbons (Fsp3) is 0.529. The van der Waals surface area contributed by atoms with Gasteiger partial charge in [-0.2, -0.15) is 0 Å². The number of fused-ring (bicyclic) bond motifs is 1. The van der Waals surface area contributed by atoms with Gasteiger partial charge in [0.05, 0.1) is 5.56 Å². The van der Waals surface area contributed by atoms with Gasteiger partial charge in [-0.05, 0) is 20.3 Å². The van der Waals surface area contributed by atoms with Crippen LogP contribution in [0.2, 0.25) is 0 Å². The molecule has 136 valence electrons. The lowest BCUT2D eigenvalue weighted by Crippen LogP contribution is -2.46. The van der Waals surface area contributed by atoms with Crippen molar-refractivity contribution in [1.29, 1.82) is 0 Å². The Morgan fingerprint density at radius 1 is 1.32 bits per heavy atom. The largest absolute Gasteiger partial charge is 0.480 e. The third-order valence-electron chi connectivity index (χ3n) is 4.31. The summed E-state index contributed by atoms with van der Waals surface area (Å²) < 4.78 is 5.62. The number of carboxylic acid groups (broad SMARTS) is 1. The zero-order chi connectivity index (χ0) is 18.7. The first-order chi connectivity index (χ1) is 11.7. The van der Waals surface area contributed by atoms with Crippen molar-refractivity contribution in [2.24, 2.45) is 0 Å². The first kappa shape index (κ1) is 18.7. The van der Waals surface area contributed by atoms with Crippen LogP contribution in [0.1, 0.15) is 58.9 Å². The third kappa shape index (κ3) is 3.89. The van der Waals surface area contributed by atoms with E-state index < -0.39 is 17.9 Å². The highest BCUT2D eigenvalue weighted by Crippen LogP contribution is 2.30. The molecule has 8 heteroatoms. The van der Waals surface area contributed by atoms with Crippen molar-refractivity contribution in [3.63, 3.8) is 0 Å². The molecule has 1 heterocycles. The van der Waals surface area contributed by atoms with Crippen LogP contribution >= 0.6 is 0 Å². The molecule has 1 aliphatic rings. The molecule has 2 N–H and O–H groups in total. The van der Waals surface area contributed by atoms with Crippen LogP contribution in [0.3, 0.4) is 0 Å². The van der Waals surface area contributed by atoms with E-state index in [9.17, 15) is 24.3 Å². The molecule has 0 saturated heterocycles. The minimum absolute atomic E-state index is 0.00354. The number of nitrogens with zero attached hydrogens (tertiary/aromatic N) is 1. The van der Waals surface area contributed by atoms with Gasteiger partial charge in [-0.25, -0.2) is 4.79 Å². The second-order valence-corrected chi connectivity index (χ2v) is 6.13. The Bertz CT molecular complexity index is 721. The first-order valence-electron chi connectivity index (χ1n) is 8.17. The maximum absolute atomic E-state index is 12.9. The Hall–Kier alpha value is -2.64. The molecule has 2 amide bonds. The van der Waals surface area contributed by atoms with Gasteiger partial charge in [-0.1, -0.05) is 0 Å². The predicted octanol–water partition coefficient (Wildman–Crippen LogP) is 1.16. The van der Waals surface area contributed by atoms with E-state index in [4.69, 9.17) is 4.42 Å². The molecule has 1 atom stereocenters. The van der Waals surface area contributed by atoms with Gasteiger partial charge < -0.3 is 19.7 Å². The number of amides is 2. The van der Waals surface area contributed by atoms with E-state index in [2.05, 4.69) is 5.32 Å². The highest BCUT2D eigenvalue weighted by atomic mass is 16.4. The maximum Gasteiger partial charge on any atom is 0.326 e. The third-order valence-corrected chi connectivity index (χ3v) is 4.31. The van der Waals surface area contributed by atoms with Crippen molar-refractivity contribution in [2.45, 2.75) is 46.1 Å². The van der Waals surface area contributed by atoms with Crippen molar-refractivity contribution >= 4 is 23.6 Å². The lowest BCUT2D eigenvalue weighted by atomic mass is 9.94. The van der Waals surface area contributed by atoms with E-state index in [0.29, 0.717) is 36.1 Å². The van der Waals surface area contributed by atoms with Crippen LogP contribution in [0.5, 0.6) is 0 Å². The summed E-state index contributed by atoms with van der Waals surface area (Å²) in [6.07, 6.45) is 1.67. The number of aliphatic carboxylic acids is 1. The molecule has 1 aliphatic carbocycles. The quantitative estimate of drug-likeness (QED) is 0.795. The average Bonchev–Trinajstić information content (AvgIpc) is 2.88. The molecule has 0 fully saturated rings. The number of rotatable bonds is 6. The smallest absolute Gasteiger partial charge is 0.326 e. The maximum atomic E-state index is 12.9. The number of carboxylic acids is 1. The van der Waals surface area contributed by atoms with E-state index in [1.165, 1.54) is 13.8 Å². The predicted molar refractivity (Wildman–Crippen MR) is 87.5 cm³/mol. The number of ketones is 1. The molecule has 2 rings (SSSR count). The fourth-order valence-corrected chi connectivity index (χ4v) is 2.94. The Balaban J connectivity index is 2.31. The Morgan fingerprint density at radius 2 is 2.00 bits per heavy atom. The molecule has 0 bridgehead atoms. The van der Waals surface area contributed by atoms with Gasteiger partial charge in [0.25, 0.3) is 5.91 Å². The molecule has 0 aromatic carbocycles. The minimum atomic E-state index is -1.17. The Labute approximate surface area is 145 Å². The topological polar surface area (TPSA) is 117 Å². The number of nitrogens with one attached hydrogen (secondary N) is 1. The summed E-state index contributed by atoms with van der Waals surface area (Å²) in [4.78, 5) is 48.4. The van der Waals surface area contributed by atoms with Crippen molar-refractivity contribution < 1.29 is 28.7 Å². The van der Waals surface area contributed by atoms with Gasteiger partial charge in [0.15, 0.2) is 11.5 Å². The van der Waals surface area contributed by atoms with Crippen LogP contribution in [-0.2, 0) is 16.0 Å². The van der Waals surface area contributed by atoms with E-state index in [0.717, 1.165) is 4.90 Å². The fourth-order valence-electron chi connectivity index (χ4n) is 2.94. The van der Waals surface area contributed by atoms with Crippen LogP contribution in [-0.4, -0.2) is 52.7 Å². The zero-order valence-corrected chi connectivity index (χ0v) is 14.5. The number of carbonyl (C=O) groups excluding carboxylic acids is 3. The molecular weight excluding hydrogens is 328 g/mol. The van der Waals surface area contributed by atoms with E-state index in [1.807, 2.05) is 0 Å². The molecule has 0 saturated carbocycles. The van der Waals surface area contributed by atoms with Crippen molar-refractivity contribution in [2.75, 3.05) is 13.1 Å². The molecule has 8 nitrogen and oxygen atoms in total. The highest BCUT2D eigenvalue weighted by molar-refractivity contribution is 6.04. The molecular formula is C17H22N2O6. The van der Waals surface area contributed by atoms with E-state index in [-0.39, 0.29) is 30.5 Å². The van der Waals surface area contributed by atoms with E-state index in [1.54, 1.807) is 6.92 Å². The molecule has 0 aliphatic heterocycles. The van der Waals surface area contributed by atoms with Gasteiger partial charge in [-0.3, -0.25) is 14.4 Å². The number of furan rings is 1. The van der Waals surface area contributed by atoms with Gasteiger partial charge >= 0.3 is 5.97 Å². The molecule has 0 radical (unpaired) electrons. The summed E-state index contributed by atoms with van der Waals surface area (Å²) >= 11 is 0. The molecule has 25 heavy (non-hydrogen) atoms. The van der Waals surface area contributed by atoms with Crippen LogP contribution in [0.15, 0.2) is 4.42 Å². The summed E-state index contributed by atoms with van der Waals surface area (Å²) in [5, 5.41) is 11.8. The number of carbonyl (C=O) groups is 4. The molecule has 1 unspecified atom stereocenters. The number of hydrogen-bond donors (Lipinski definition) is 2. The minimum Gasteiger partial charge on any atom is -0.480 e. The second-order valence-electron chi connectivity index (χ2n) is 6.13. The average molecular weight is 350 g/mol. The lowest BCUT2D eigenvalue weighted by molar-refractivity contribution is -0.141. The van der Waals surface area contributed by atoms with Crippen molar-refractivity contribution in [3.05, 3.63) is 22.6 Å². The van der Waals surface area contributed by atoms with Crippen LogP contribution < -0.4 is 5.32 Å². The van der Waals surface area contributed by atoms with Crippen LogP contribution in [0.4, 0.5) is 0 Å². The zero-order valence-electron chi connectivity index (χ0n) is 14.5. The van der Waals surface area contributed by atoms with Gasteiger partial charge in [0.2, 0.25) is 5.91 Å². The Kier molecular flexibility index (Phi) is 5.61. The van der Waals surface area contributed by atoms with Gasteiger partial charge in [0, 0.05) is 38.4 Å². The number of Topliss-reactive ketones (excluding diaryl/α,β-unsaturated/α-hetero) is 1. The van der Waals surface area contributed by atoms with Gasteiger partial charge in [-0.15, -0.1) is 0 Å². The normalized spacial score (nSPS) is 14.6. The summed E-state index contributed by atoms with van der Waals surface area (Å²) in [6.45, 7) is 4.50. The standard InChI is InChI=1S/C17H22N2O6/c1-9-14-12(21)5-4-6-13(14)25-15(9)16(22)19(10(2)17(23)24)8-7-18-11(3)20/h10H,4-8H2,1-3H3,(H,18,20)(H,23,24). The monoisotopic (exact) mass is 350 g/mol. The lowest BCUT2D eigenvalue weighted by Gasteiger charge is -2.26. The molecule has 1 aromatic rings. The molecule has 0 spiro atoms. The number of hydrogen-bond acceptors (Lipinski definition) is 5. The molecule has 1 aromatic heterocycles. The first-order valence-corrected chi connectivity index (χ1v) is 8.17. The number of aryl methyl sites for hydroxylation is 1. The second kappa shape index (κ2) is 7.50. The van der Waals surface area contributed by atoms with Crippen molar-refractivity contribution in [3.8, 4) is 0 Å². The summed E-state index contributed by atoms with van der Waals surface area (Å²) in [5.41, 5.74) is 0.895. The Morgan fingerprint density at radius 3 is 2.56 bits per heavy atom. The highest BCUT2D eigenvalue weighted by Gasteiger charge is 2.33. The SMILES string of the molecule is CC(=O)NCCN(C(=O)c1oc2c(c1C)C(=O)CCC2)C(C)C(=O)O. The van der Waals surface area contributed by atoms with Gasteiger partial charge in [0.1, 0.15) is 11.8 Å². The van der Waals surface area contributed by atoms with Crippen LogP contribution in [0, 0.1) is 6.92 Å². The summed E-state index contributed by atoms with van der Waals surface area (Å²) in [6, 6.07) is -1.10.